The van der Waals surface area contributed by atoms with Gasteiger partial charge in [0.2, 0.25) is 0 Å². The van der Waals surface area contributed by atoms with E-state index in [9.17, 15) is 14.7 Å². The third-order valence-corrected chi connectivity index (χ3v) is 4.67. The second-order valence-electron chi connectivity index (χ2n) is 6.79. The number of aromatic hydroxyl groups is 1. The van der Waals surface area contributed by atoms with Crippen molar-refractivity contribution in [2.45, 2.75) is 13.5 Å². The van der Waals surface area contributed by atoms with Crippen LogP contribution in [0.4, 0.5) is 0 Å². The van der Waals surface area contributed by atoms with Gasteiger partial charge in [-0.05, 0) is 53.9 Å². The molecule has 0 atom stereocenters. The summed E-state index contributed by atoms with van der Waals surface area (Å²) in [5.74, 6) is -0.276. The molecular weight excluding hydrogens is 368 g/mol. The van der Waals surface area contributed by atoms with E-state index in [1.807, 2.05) is 31.2 Å². The number of benzene rings is 3. The number of carbonyl (C=O) groups excluding carboxylic acids is 1. The van der Waals surface area contributed by atoms with Crippen LogP contribution in [-0.2, 0) is 11.3 Å². The molecule has 1 heterocycles. The third kappa shape index (κ3) is 4.04. The molecule has 5 nitrogen and oxygen atoms in total. The van der Waals surface area contributed by atoms with Gasteiger partial charge in [-0.15, -0.1) is 0 Å². The minimum atomic E-state index is -0.479. The maximum Gasteiger partial charge on any atom is 0.338 e. The van der Waals surface area contributed by atoms with Crippen molar-refractivity contribution < 1.29 is 19.1 Å². The van der Waals surface area contributed by atoms with Gasteiger partial charge in [-0.25, -0.2) is 9.59 Å². The number of hydrogen-bond acceptors (Lipinski definition) is 5. The standard InChI is InChI=1S/C24H18O5/c1-15-2-11-21-19(13-23(26)29-22(21)12-15)14-28-24(27)18-5-3-16(4-6-18)17-7-9-20(25)10-8-17/h2-13,25H,14H2,1H3. The van der Waals surface area contributed by atoms with Crippen molar-refractivity contribution in [2.75, 3.05) is 0 Å². The molecule has 4 aromatic rings. The number of phenols is 1. The molecule has 0 bridgehead atoms. The van der Waals surface area contributed by atoms with E-state index in [0.717, 1.165) is 22.1 Å². The van der Waals surface area contributed by atoms with Crippen molar-refractivity contribution in [3.05, 3.63) is 99.9 Å². The highest BCUT2D eigenvalue weighted by Gasteiger charge is 2.11. The Kier molecular flexibility index (Phi) is 4.87. The Morgan fingerprint density at radius 3 is 2.28 bits per heavy atom. The Morgan fingerprint density at radius 2 is 1.59 bits per heavy atom. The van der Waals surface area contributed by atoms with Crippen molar-refractivity contribution in [3.8, 4) is 16.9 Å². The van der Waals surface area contributed by atoms with E-state index >= 15 is 0 Å². The first-order chi connectivity index (χ1) is 14.0. The lowest BCUT2D eigenvalue weighted by Gasteiger charge is -2.08. The number of aryl methyl sites for hydroxylation is 1. The second kappa shape index (κ2) is 7.64. The highest BCUT2D eigenvalue weighted by molar-refractivity contribution is 5.90. The predicted octanol–water partition coefficient (Wildman–Crippen LogP) is 4.83. The van der Waals surface area contributed by atoms with E-state index in [0.29, 0.717) is 16.7 Å². The zero-order chi connectivity index (χ0) is 20.4. The molecular formula is C24H18O5. The van der Waals surface area contributed by atoms with Crippen molar-refractivity contribution in [1.29, 1.82) is 0 Å². The molecule has 0 radical (unpaired) electrons. The van der Waals surface area contributed by atoms with E-state index in [1.165, 1.54) is 6.07 Å². The Morgan fingerprint density at radius 1 is 0.931 bits per heavy atom. The average Bonchev–Trinajstić information content (AvgIpc) is 2.72. The smallest absolute Gasteiger partial charge is 0.338 e. The molecule has 0 aliphatic carbocycles. The summed E-state index contributed by atoms with van der Waals surface area (Å²) in [6.07, 6.45) is 0. The van der Waals surface area contributed by atoms with E-state index < -0.39 is 11.6 Å². The molecule has 29 heavy (non-hydrogen) atoms. The highest BCUT2D eigenvalue weighted by atomic mass is 16.5. The molecule has 4 rings (SSSR count). The van der Waals surface area contributed by atoms with E-state index in [-0.39, 0.29) is 12.4 Å². The van der Waals surface area contributed by atoms with Crippen LogP contribution in [0.15, 0.2) is 82.0 Å². The van der Waals surface area contributed by atoms with Gasteiger partial charge >= 0.3 is 11.6 Å². The summed E-state index contributed by atoms with van der Waals surface area (Å²) in [5, 5.41) is 10.1. The topological polar surface area (TPSA) is 76.7 Å². The summed E-state index contributed by atoms with van der Waals surface area (Å²) in [6.45, 7) is 1.89. The van der Waals surface area contributed by atoms with E-state index in [1.54, 1.807) is 42.5 Å². The molecule has 0 spiro atoms. The van der Waals surface area contributed by atoms with Gasteiger partial charge in [0.1, 0.15) is 17.9 Å². The summed E-state index contributed by atoms with van der Waals surface area (Å²) >= 11 is 0. The number of hydrogen-bond donors (Lipinski definition) is 1. The monoisotopic (exact) mass is 386 g/mol. The number of rotatable bonds is 4. The molecule has 0 unspecified atom stereocenters. The molecule has 1 aromatic heterocycles. The Bertz CT molecular complexity index is 1240. The molecule has 3 aromatic carbocycles. The summed E-state index contributed by atoms with van der Waals surface area (Å²) in [5.41, 5.74) is 3.84. The number of phenolic OH excluding ortho intramolecular Hbond substituents is 1. The van der Waals surface area contributed by atoms with Crippen molar-refractivity contribution in [3.63, 3.8) is 0 Å². The van der Waals surface area contributed by atoms with Crippen LogP contribution in [0.3, 0.4) is 0 Å². The summed E-state index contributed by atoms with van der Waals surface area (Å²) < 4.78 is 10.6. The maximum absolute atomic E-state index is 12.4. The number of ether oxygens (including phenoxy) is 1. The SMILES string of the molecule is Cc1ccc2c(COC(=O)c3ccc(-c4ccc(O)cc4)cc3)cc(=O)oc2c1. The number of esters is 1. The van der Waals surface area contributed by atoms with Gasteiger partial charge in [0.15, 0.2) is 0 Å². The van der Waals surface area contributed by atoms with Gasteiger partial charge in [-0.1, -0.05) is 36.4 Å². The maximum atomic E-state index is 12.4. The molecule has 0 aliphatic rings. The summed E-state index contributed by atoms with van der Waals surface area (Å²) in [4.78, 5) is 24.2. The highest BCUT2D eigenvalue weighted by Crippen LogP contribution is 2.23. The van der Waals surface area contributed by atoms with Gasteiger partial charge in [0, 0.05) is 17.0 Å². The minimum Gasteiger partial charge on any atom is -0.508 e. The zero-order valence-corrected chi connectivity index (χ0v) is 15.7. The van der Waals surface area contributed by atoms with Crippen molar-refractivity contribution >= 4 is 16.9 Å². The van der Waals surface area contributed by atoms with Crippen LogP contribution < -0.4 is 5.63 Å². The van der Waals surface area contributed by atoms with Crippen LogP contribution in [0.5, 0.6) is 5.75 Å². The zero-order valence-electron chi connectivity index (χ0n) is 15.7. The summed E-state index contributed by atoms with van der Waals surface area (Å²) in [7, 11) is 0. The first kappa shape index (κ1) is 18.5. The number of carbonyl (C=O) groups is 1. The Hall–Kier alpha value is -3.86. The average molecular weight is 386 g/mol. The predicted molar refractivity (Wildman–Crippen MR) is 110 cm³/mol. The summed E-state index contributed by atoms with van der Waals surface area (Å²) in [6, 6.07) is 20.7. The Balaban J connectivity index is 1.51. The molecule has 144 valence electrons. The number of fused-ring (bicyclic) bond motifs is 1. The lowest BCUT2D eigenvalue weighted by molar-refractivity contribution is 0.0474. The van der Waals surface area contributed by atoms with Crippen LogP contribution in [0.1, 0.15) is 21.5 Å². The first-order valence-electron chi connectivity index (χ1n) is 9.09. The van der Waals surface area contributed by atoms with Gasteiger partial charge in [-0.3, -0.25) is 0 Å². The van der Waals surface area contributed by atoms with E-state index in [4.69, 9.17) is 9.15 Å². The molecule has 0 amide bonds. The van der Waals surface area contributed by atoms with Crippen molar-refractivity contribution in [2.24, 2.45) is 0 Å². The first-order valence-corrected chi connectivity index (χ1v) is 9.09. The Labute approximate surface area is 166 Å². The molecule has 0 fully saturated rings. The minimum absolute atomic E-state index is 0.0241. The van der Waals surface area contributed by atoms with Gasteiger partial charge in [-0.2, -0.15) is 0 Å². The third-order valence-electron chi connectivity index (χ3n) is 4.67. The molecule has 0 aliphatic heterocycles. The second-order valence-corrected chi connectivity index (χ2v) is 6.79. The lowest BCUT2D eigenvalue weighted by Crippen LogP contribution is -2.08. The normalized spacial score (nSPS) is 10.8. The molecule has 0 saturated heterocycles. The fourth-order valence-corrected chi connectivity index (χ4v) is 3.14. The van der Waals surface area contributed by atoms with Crippen LogP contribution in [0.2, 0.25) is 0 Å². The van der Waals surface area contributed by atoms with Gasteiger partial charge in [0.25, 0.3) is 0 Å². The largest absolute Gasteiger partial charge is 0.508 e. The quantitative estimate of drug-likeness (QED) is 0.401. The van der Waals surface area contributed by atoms with Crippen LogP contribution in [0, 0.1) is 6.92 Å². The van der Waals surface area contributed by atoms with Crippen LogP contribution in [-0.4, -0.2) is 11.1 Å². The van der Waals surface area contributed by atoms with E-state index in [2.05, 4.69) is 0 Å². The molecule has 5 heteroatoms. The van der Waals surface area contributed by atoms with Gasteiger partial charge < -0.3 is 14.3 Å². The van der Waals surface area contributed by atoms with Crippen molar-refractivity contribution in [1.82, 2.24) is 0 Å². The fourth-order valence-electron chi connectivity index (χ4n) is 3.14. The molecule has 1 N–H and O–H groups in total. The van der Waals surface area contributed by atoms with Crippen LogP contribution >= 0.6 is 0 Å². The van der Waals surface area contributed by atoms with Crippen LogP contribution in [0.25, 0.3) is 22.1 Å². The fraction of sp³-hybridized carbons (Fsp3) is 0.0833. The molecule has 0 saturated carbocycles. The lowest BCUT2D eigenvalue weighted by atomic mass is 10.0. The van der Waals surface area contributed by atoms with Gasteiger partial charge in [0.05, 0.1) is 5.56 Å².